The Kier molecular flexibility index (Phi) is 2.06. The van der Waals surface area contributed by atoms with Crippen LogP contribution in [0.4, 0.5) is 13.2 Å². The summed E-state index contributed by atoms with van der Waals surface area (Å²) in [7, 11) is 0. The summed E-state index contributed by atoms with van der Waals surface area (Å²) in [5.74, 6) is 0.121. The number of hydrogen-bond acceptors (Lipinski definition) is 3. The number of aliphatic imine (C=N–C) groups is 1. The van der Waals surface area contributed by atoms with Gasteiger partial charge < -0.3 is 5.32 Å². The smallest absolute Gasteiger partial charge is 0.353 e. The average molecular weight is 220 g/mol. The normalized spacial score (nSPS) is 16.3. The van der Waals surface area contributed by atoms with Gasteiger partial charge in [0, 0.05) is 12.6 Å². The Morgan fingerprint density at radius 2 is 2.20 bits per heavy atom. The molecule has 0 fully saturated rings. The first-order valence-corrected chi connectivity index (χ1v) is 4.16. The van der Waals surface area contributed by atoms with Crippen LogP contribution in [0.3, 0.4) is 0 Å². The highest BCUT2D eigenvalue weighted by Crippen LogP contribution is 2.26. The van der Waals surface area contributed by atoms with Gasteiger partial charge in [0.25, 0.3) is 5.56 Å². The lowest BCUT2D eigenvalue weighted by Gasteiger charge is -2.03. The number of rotatable bonds is 0. The lowest BCUT2D eigenvalue weighted by atomic mass is 10.4. The summed E-state index contributed by atoms with van der Waals surface area (Å²) in [4.78, 5) is 15.0. The Morgan fingerprint density at radius 3 is 2.67 bits per heavy atom. The van der Waals surface area contributed by atoms with Crippen LogP contribution in [0.15, 0.2) is 15.9 Å². The number of H-pyrrole nitrogens is 1. The fraction of sp³-hybridized carbons (Fsp3) is 0.429. The number of nitrogens with zero attached hydrogens (tertiary/aromatic N) is 2. The summed E-state index contributed by atoms with van der Waals surface area (Å²) in [6.45, 7) is 0.963. The summed E-state index contributed by atoms with van der Waals surface area (Å²) in [5.41, 5.74) is -1.86. The fourth-order valence-corrected chi connectivity index (χ4v) is 1.23. The zero-order valence-corrected chi connectivity index (χ0v) is 7.43. The predicted octanol–water partition coefficient (Wildman–Crippen LogP) is 0.00250. The van der Waals surface area contributed by atoms with Crippen LogP contribution in [0.25, 0.3) is 0 Å². The minimum absolute atomic E-state index is 0.121. The molecule has 0 spiro atoms. The van der Waals surface area contributed by atoms with E-state index in [2.05, 4.69) is 10.3 Å². The number of nitrogens with one attached hydrogen (secondary N) is 2. The summed E-state index contributed by atoms with van der Waals surface area (Å²) < 4.78 is 37.4. The Hall–Kier alpha value is -1.73. The molecule has 82 valence electrons. The first kappa shape index (κ1) is 9.81. The minimum atomic E-state index is -4.55. The van der Waals surface area contributed by atoms with Crippen molar-refractivity contribution in [2.24, 2.45) is 4.99 Å². The van der Waals surface area contributed by atoms with Crippen LogP contribution in [0.2, 0.25) is 0 Å². The zero-order chi connectivity index (χ0) is 11.1. The van der Waals surface area contributed by atoms with Crippen molar-refractivity contribution in [1.82, 2.24) is 15.1 Å². The van der Waals surface area contributed by atoms with E-state index >= 15 is 0 Å². The van der Waals surface area contributed by atoms with E-state index in [-0.39, 0.29) is 5.96 Å². The van der Waals surface area contributed by atoms with Gasteiger partial charge in [-0.25, -0.2) is 4.99 Å². The van der Waals surface area contributed by atoms with Crippen molar-refractivity contribution in [3.05, 3.63) is 22.1 Å². The number of aromatic nitrogens is 2. The van der Waals surface area contributed by atoms with Crippen LogP contribution in [0, 0.1) is 0 Å². The molecule has 8 heteroatoms. The van der Waals surface area contributed by atoms with Crippen LogP contribution in [-0.4, -0.2) is 28.8 Å². The predicted molar refractivity (Wildman–Crippen MR) is 45.8 cm³/mol. The maximum atomic E-state index is 12.2. The molecular formula is C7H7F3N4O. The summed E-state index contributed by atoms with van der Waals surface area (Å²) in [6.07, 6.45) is -4.55. The monoisotopic (exact) mass is 220 g/mol. The molecule has 0 saturated heterocycles. The second-order valence-corrected chi connectivity index (χ2v) is 2.97. The third-order valence-corrected chi connectivity index (χ3v) is 1.89. The van der Waals surface area contributed by atoms with Crippen molar-refractivity contribution in [3.8, 4) is 0 Å². The molecule has 2 heterocycles. The minimum Gasteiger partial charge on any atom is -0.353 e. The van der Waals surface area contributed by atoms with Gasteiger partial charge in [-0.2, -0.15) is 17.9 Å². The largest absolute Gasteiger partial charge is 0.432 e. The lowest BCUT2D eigenvalue weighted by molar-refractivity contribution is -0.141. The summed E-state index contributed by atoms with van der Waals surface area (Å²) in [5, 5.41) is 4.64. The molecule has 0 amide bonds. The molecule has 2 N–H and O–H groups in total. The van der Waals surface area contributed by atoms with E-state index in [4.69, 9.17) is 0 Å². The van der Waals surface area contributed by atoms with Gasteiger partial charge in [0.15, 0.2) is 0 Å². The van der Waals surface area contributed by atoms with Crippen LogP contribution in [0.5, 0.6) is 0 Å². The maximum absolute atomic E-state index is 12.2. The maximum Gasteiger partial charge on any atom is 0.432 e. The van der Waals surface area contributed by atoms with Gasteiger partial charge in [-0.05, 0) is 0 Å². The molecule has 0 aromatic carbocycles. The first-order chi connectivity index (χ1) is 6.98. The highest BCUT2D eigenvalue weighted by molar-refractivity contribution is 5.82. The highest BCUT2D eigenvalue weighted by Gasteiger charge is 2.34. The SMILES string of the molecule is O=c1cc(C(F)(F)F)[nH]n1C1=NCCN1. The lowest BCUT2D eigenvalue weighted by Crippen LogP contribution is -2.33. The van der Waals surface area contributed by atoms with Crippen LogP contribution >= 0.6 is 0 Å². The van der Waals surface area contributed by atoms with E-state index in [1.54, 1.807) is 0 Å². The van der Waals surface area contributed by atoms with Crippen molar-refractivity contribution < 1.29 is 13.2 Å². The fourth-order valence-electron chi connectivity index (χ4n) is 1.23. The van der Waals surface area contributed by atoms with Crippen molar-refractivity contribution in [2.75, 3.05) is 13.1 Å². The van der Waals surface area contributed by atoms with Gasteiger partial charge in [0.2, 0.25) is 5.96 Å². The number of hydrogen-bond donors (Lipinski definition) is 2. The molecule has 1 aromatic heterocycles. The molecule has 1 aliphatic heterocycles. The molecule has 1 aromatic rings. The third-order valence-electron chi connectivity index (χ3n) is 1.89. The van der Waals surface area contributed by atoms with Gasteiger partial charge in [0.1, 0.15) is 5.69 Å². The Balaban J connectivity index is 2.42. The number of halogens is 3. The van der Waals surface area contributed by atoms with Crippen molar-refractivity contribution in [1.29, 1.82) is 0 Å². The van der Waals surface area contributed by atoms with Crippen molar-refractivity contribution in [3.63, 3.8) is 0 Å². The van der Waals surface area contributed by atoms with Crippen LogP contribution < -0.4 is 10.9 Å². The molecule has 5 nitrogen and oxygen atoms in total. The Labute approximate surface area is 81.6 Å². The topological polar surface area (TPSA) is 62.2 Å². The van der Waals surface area contributed by atoms with Gasteiger partial charge in [-0.1, -0.05) is 0 Å². The van der Waals surface area contributed by atoms with Gasteiger partial charge >= 0.3 is 6.18 Å². The van der Waals surface area contributed by atoms with E-state index in [0.29, 0.717) is 19.2 Å². The zero-order valence-electron chi connectivity index (χ0n) is 7.43. The number of alkyl halides is 3. The summed E-state index contributed by atoms with van der Waals surface area (Å²) >= 11 is 0. The summed E-state index contributed by atoms with van der Waals surface area (Å²) in [6, 6.07) is 0.502. The molecule has 2 rings (SSSR count). The highest BCUT2D eigenvalue weighted by atomic mass is 19.4. The molecular weight excluding hydrogens is 213 g/mol. The van der Waals surface area contributed by atoms with Gasteiger partial charge in [-0.3, -0.25) is 9.89 Å². The second kappa shape index (κ2) is 3.14. The second-order valence-electron chi connectivity index (χ2n) is 2.97. The van der Waals surface area contributed by atoms with Crippen molar-refractivity contribution in [2.45, 2.75) is 6.18 Å². The molecule has 1 aliphatic rings. The van der Waals surface area contributed by atoms with Crippen LogP contribution in [0.1, 0.15) is 5.69 Å². The number of aromatic amines is 1. The Bertz CT molecular complexity index is 456. The van der Waals surface area contributed by atoms with Gasteiger partial charge in [0.05, 0.1) is 6.54 Å². The van der Waals surface area contributed by atoms with Gasteiger partial charge in [-0.15, -0.1) is 0 Å². The van der Waals surface area contributed by atoms with Crippen molar-refractivity contribution >= 4 is 5.96 Å². The molecule has 0 radical (unpaired) electrons. The molecule has 0 unspecified atom stereocenters. The Morgan fingerprint density at radius 1 is 1.47 bits per heavy atom. The quantitative estimate of drug-likeness (QED) is 0.646. The molecule has 0 saturated carbocycles. The van der Waals surface area contributed by atoms with E-state index in [0.717, 1.165) is 4.68 Å². The third kappa shape index (κ3) is 1.74. The van der Waals surface area contributed by atoms with E-state index in [9.17, 15) is 18.0 Å². The molecule has 0 aliphatic carbocycles. The van der Waals surface area contributed by atoms with E-state index < -0.39 is 17.4 Å². The average Bonchev–Trinajstić information content (AvgIpc) is 2.69. The molecule has 0 atom stereocenters. The molecule has 15 heavy (non-hydrogen) atoms. The van der Waals surface area contributed by atoms with E-state index in [1.807, 2.05) is 5.10 Å². The van der Waals surface area contributed by atoms with Crippen LogP contribution in [-0.2, 0) is 6.18 Å². The molecule has 0 bridgehead atoms. The standard InChI is InChI=1S/C7H7F3N4O/c8-7(9,10)4-3-5(15)14(13-4)6-11-1-2-12-6/h3,13H,1-2H2,(H,11,12). The first-order valence-electron chi connectivity index (χ1n) is 4.16. The van der Waals surface area contributed by atoms with E-state index in [1.165, 1.54) is 0 Å².